The molecule has 31 heavy (non-hydrogen) atoms. The molecular formula is C24H19NO6. The van der Waals surface area contributed by atoms with Gasteiger partial charge in [0.05, 0.1) is 0 Å². The Labute approximate surface area is 177 Å². The van der Waals surface area contributed by atoms with Crippen molar-refractivity contribution in [1.82, 2.24) is 0 Å². The van der Waals surface area contributed by atoms with E-state index >= 15 is 0 Å². The maximum absolute atomic E-state index is 12.2. The number of ketones is 1. The lowest BCUT2D eigenvalue weighted by atomic mass is 10.1. The number of hydrogen-bond acceptors (Lipinski definition) is 6. The highest BCUT2D eigenvalue weighted by molar-refractivity contribution is 6.07. The number of ether oxygens (including phenoxy) is 2. The van der Waals surface area contributed by atoms with Gasteiger partial charge >= 0.3 is 5.97 Å². The van der Waals surface area contributed by atoms with Crippen LogP contribution in [0.2, 0.25) is 0 Å². The highest BCUT2D eigenvalue weighted by Gasteiger charge is 2.11. The fourth-order valence-electron chi connectivity index (χ4n) is 3.14. The summed E-state index contributed by atoms with van der Waals surface area (Å²) >= 11 is 0. The number of carbonyl (C=O) groups excluding carboxylic acids is 3. The van der Waals surface area contributed by atoms with Crippen molar-refractivity contribution < 1.29 is 28.3 Å². The van der Waals surface area contributed by atoms with Crippen LogP contribution in [0.5, 0.6) is 5.75 Å². The number of benzene rings is 3. The zero-order chi connectivity index (χ0) is 21.8. The molecule has 0 aliphatic rings. The van der Waals surface area contributed by atoms with Crippen molar-refractivity contribution in [3.63, 3.8) is 0 Å². The van der Waals surface area contributed by atoms with Crippen molar-refractivity contribution in [2.75, 3.05) is 18.5 Å². The Morgan fingerprint density at radius 3 is 2.52 bits per heavy atom. The van der Waals surface area contributed by atoms with E-state index < -0.39 is 18.5 Å². The highest BCUT2D eigenvalue weighted by Crippen LogP contribution is 2.30. The van der Waals surface area contributed by atoms with Gasteiger partial charge in [0, 0.05) is 22.0 Å². The van der Waals surface area contributed by atoms with Crippen molar-refractivity contribution >= 4 is 45.3 Å². The van der Waals surface area contributed by atoms with Gasteiger partial charge in [0.1, 0.15) is 16.9 Å². The van der Waals surface area contributed by atoms with Crippen LogP contribution in [-0.2, 0) is 14.3 Å². The van der Waals surface area contributed by atoms with Crippen LogP contribution >= 0.6 is 0 Å². The van der Waals surface area contributed by atoms with Gasteiger partial charge in [-0.1, -0.05) is 30.3 Å². The number of fused-ring (bicyclic) bond motifs is 3. The summed E-state index contributed by atoms with van der Waals surface area (Å²) in [5.74, 6) is -0.903. The van der Waals surface area contributed by atoms with Crippen molar-refractivity contribution in [2.24, 2.45) is 0 Å². The first kappa shape index (κ1) is 20.2. The molecule has 3 aromatic carbocycles. The molecule has 0 aliphatic carbocycles. The molecule has 0 spiro atoms. The molecule has 0 bridgehead atoms. The SMILES string of the molecule is CC(=O)c1cccc(OCC(=O)OCC(=O)Nc2ccc3oc4ccccc4c3c2)c1. The quantitative estimate of drug-likeness (QED) is 0.355. The summed E-state index contributed by atoms with van der Waals surface area (Å²) in [6.07, 6.45) is 0. The van der Waals surface area contributed by atoms with Crippen LogP contribution in [-0.4, -0.2) is 30.9 Å². The second-order valence-corrected chi connectivity index (χ2v) is 6.89. The van der Waals surface area contributed by atoms with Crippen molar-refractivity contribution in [2.45, 2.75) is 6.92 Å². The van der Waals surface area contributed by atoms with Crippen LogP contribution < -0.4 is 10.1 Å². The smallest absolute Gasteiger partial charge is 0.344 e. The molecule has 4 aromatic rings. The summed E-state index contributed by atoms with van der Waals surface area (Å²) in [5, 5.41) is 4.53. The van der Waals surface area contributed by atoms with E-state index in [1.807, 2.05) is 30.3 Å². The van der Waals surface area contributed by atoms with E-state index in [4.69, 9.17) is 13.9 Å². The van der Waals surface area contributed by atoms with E-state index in [-0.39, 0.29) is 12.4 Å². The van der Waals surface area contributed by atoms with E-state index in [1.165, 1.54) is 13.0 Å². The Bertz CT molecular complexity index is 1290. The topological polar surface area (TPSA) is 94.8 Å². The Hall–Kier alpha value is -4.13. The number of Topliss-reactive ketones (excluding diaryl/α,β-unsaturated/α-hetero) is 1. The van der Waals surface area contributed by atoms with Gasteiger partial charge in [-0.15, -0.1) is 0 Å². The molecular weight excluding hydrogens is 398 g/mol. The van der Waals surface area contributed by atoms with E-state index in [0.29, 0.717) is 17.0 Å². The predicted octanol–water partition coefficient (Wildman–Crippen LogP) is 4.35. The Kier molecular flexibility index (Phi) is 5.66. The second-order valence-electron chi connectivity index (χ2n) is 6.89. The van der Waals surface area contributed by atoms with Gasteiger partial charge in [-0.3, -0.25) is 9.59 Å². The second kappa shape index (κ2) is 8.71. The summed E-state index contributed by atoms with van der Waals surface area (Å²) in [4.78, 5) is 35.4. The molecule has 7 nitrogen and oxygen atoms in total. The van der Waals surface area contributed by atoms with Crippen LogP contribution in [0.15, 0.2) is 71.1 Å². The number of para-hydroxylation sites is 1. The summed E-state index contributed by atoms with van der Waals surface area (Å²) < 4.78 is 16.0. The maximum atomic E-state index is 12.2. The number of rotatable bonds is 7. The van der Waals surface area contributed by atoms with Gasteiger partial charge in [-0.05, 0) is 43.3 Å². The molecule has 4 rings (SSSR count). The van der Waals surface area contributed by atoms with Crippen molar-refractivity contribution in [1.29, 1.82) is 0 Å². The standard InChI is InChI=1S/C24H19NO6/c1-15(26)16-5-4-6-18(11-16)29-14-24(28)30-13-23(27)25-17-9-10-22-20(12-17)19-7-2-3-8-21(19)31-22/h2-12H,13-14H2,1H3,(H,25,27). The van der Waals surface area contributed by atoms with Crippen LogP contribution in [0.25, 0.3) is 21.9 Å². The first-order valence-corrected chi connectivity index (χ1v) is 9.60. The average Bonchev–Trinajstić information content (AvgIpc) is 3.14. The minimum absolute atomic E-state index is 0.105. The number of esters is 1. The minimum atomic E-state index is -0.695. The van der Waals surface area contributed by atoms with Crippen molar-refractivity contribution in [3.05, 3.63) is 72.3 Å². The average molecular weight is 417 g/mol. The largest absolute Gasteiger partial charge is 0.482 e. The van der Waals surface area contributed by atoms with Gasteiger partial charge in [-0.25, -0.2) is 4.79 Å². The number of furan rings is 1. The fourth-order valence-corrected chi connectivity index (χ4v) is 3.14. The first-order valence-electron chi connectivity index (χ1n) is 9.60. The third-order valence-electron chi connectivity index (χ3n) is 4.62. The third-order valence-corrected chi connectivity index (χ3v) is 4.62. The molecule has 0 fully saturated rings. The number of anilines is 1. The highest BCUT2D eigenvalue weighted by atomic mass is 16.6. The van der Waals surface area contributed by atoms with Gasteiger partial charge in [0.2, 0.25) is 0 Å². The third kappa shape index (κ3) is 4.72. The van der Waals surface area contributed by atoms with E-state index in [1.54, 1.807) is 30.3 Å². The number of amides is 1. The summed E-state index contributed by atoms with van der Waals surface area (Å²) in [5.41, 5.74) is 2.53. The molecule has 1 aromatic heterocycles. The van der Waals surface area contributed by atoms with Gasteiger partial charge < -0.3 is 19.2 Å². The molecule has 0 saturated carbocycles. The zero-order valence-corrected chi connectivity index (χ0v) is 16.7. The fraction of sp³-hybridized carbons (Fsp3) is 0.125. The maximum Gasteiger partial charge on any atom is 0.344 e. The molecule has 0 aliphatic heterocycles. The number of carbonyl (C=O) groups is 3. The minimum Gasteiger partial charge on any atom is -0.482 e. The van der Waals surface area contributed by atoms with E-state index in [9.17, 15) is 14.4 Å². The van der Waals surface area contributed by atoms with Gasteiger partial charge in [-0.2, -0.15) is 0 Å². The lowest BCUT2D eigenvalue weighted by Gasteiger charge is -2.08. The number of hydrogen-bond donors (Lipinski definition) is 1. The lowest BCUT2D eigenvalue weighted by Crippen LogP contribution is -2.23. The Balaban J connectivity index is 1.30. The molecule has 156 valence electrons. The van der Waals surface area contributed by atoms with E-state index in [2.05, 4.69) is 5.32 Å². The van der Waals surface area contributed by atoms with Crippen LogP contribution in [0.1, 0.15) is 17.3 Å². The Morgan fingerprint density at radius 1 is 0.871 bits per heavy atom. The molecule has 1 N–H and O–H groups in total. The molecule has 0 atom stereocenters. The summed E-state index contributed by atoms with van der Waals surface area (Å²) in [6, 6.07) is 19.4. The van der Waals surface area contributed by atoms with E-state index in [0.717, 1.165) is 21.9 Å². The summed E-state index contributed by atoms with van der Waals surface area (Å²) in [6.45, 7) is 0.625. The zero-order valence-electron chi connectivity index (χ0n) is 16.7. The summed E-state index contributed by atoms with van der Waals surface area (Å²) in [7, 11) is 0. The van der Waals surface area contributed by atoms with Gasteiger partial charge in [0.15, 0.2) is 19.0 Å². The monoisotopic (exact) mass is 417 g/mol. The van der Waals surface area contributed by atoms with Crippen LogP contribution in [0.3, 0.4) is 0 Å². The molecule has 1 heterocycles. The van der Waals surface area contributed by atoms with Gasteiger partial charge in [0.25, 0.3) is 5.91 Å². The predicted molar refractivity (Wildman–Crippen MR) is 115 cm³/mol. The van der Waals surface area contributed by atoms with Crippen molar-refractivity contribution in [3.8, 4) is 5.75 Å². The normalized spacial score (nSPS) is 10.7. The molecule has 0 unspecified atom stereocenters. The van der Waals surface area contributed by atoms with Crippen LogP contribution in [0, 0.1) is 0 Å². The molecule has 1 amide bonds. The molecule has 7 heteroatoms. The lowest BCUT2D eigenvalue weighted by molar-refractivity contribution is -0.149. The van der Waals surface area contributed by atoms with Crippen LogP contribution in [0.4, 0.5) is 5.69 Å². The molecule has 0 radical (unpaired) electrons. The Morgan fingerprint density at radius 2 is 1.68 bits per heavy atom. The first-order chi connectivity index (χ1) is 15.0. The molecule has 0 saturated heterocycles. The number of nitrogens with one attached hydrogen (secondary N) is 1.